The highest BCUT2D eigenvalue weighted by atomic mass is 79.9. The lowest BCUT2D eigenvalue weighted by Gasteiger charge is -1.81. The highest BCUT2D eigenvalue weighted by Crippen LogP contribution is 2.31. The molecule has 0 saturated heterocycles. The van der Waals surface area contributed by atoms with Crippen molar-refractivity contribution in [3.63, 3.8) is 0 Å². The van der Waals surface area contributed by atoms with Gasteiger partial charge in [0.15, 0.2) is 4.67 Å². The van der Waals surface area contributed by atoms with Crippen molar-refractivity contribution in [1.82, 2.24) is 0 Å². The van der Waals surface area contributed by atoms with Gasteiger partial charge in [0.1, 0.15) is 5.76 Å². The normalized spacial score (nSPS) is 11.2. The van der Waals surface area contributed by atoms with Crippen LogP contribution in [0.25, 0.3) is 11.2 Å². The Morgan fingerprint density at radius 1 is 1.27 bits per heavy atom. The van der Waals surface area contributed by atoms with Gasteiger partial charge < -0.3 is 8.83 Å². The third-order valence-corrected chi connectivity index (χ3v) is 2.46. The minimum Gasteiger partial charge on any atom is -0.430 e. The molecule has 58 valence electrons. The molecule has 0 aliphatic heterocycles. The van der Waals surface area contributed by atoms with E-state index in [2.05, 4.69) is 15.9 Å². The maximum absolute atomic E-state index is 5.27. The highest BCUT2D eigenvalue weighted by molar-refractivity contribution is 9.10. The minimum atomic E-state index is 0.604. The molecule has 0 aromatic carbocycles. The number of hydrogen-bond donors (Lipinski definition) is 0. The molecule has 0 amide bonds. The first-order valence-corrected chi connectivity index (χ1v) is 4.13. The maximum Gasteiger partial charge on any atom is 0.298 e. The van der Waals surface area contributed by atoms with Crippen LogP contribution in [0, 0.1) is 13.8 Å². The van der Waals surface area contributed by atoms with E-state index in [1.165, 1.54) is 0 Å². The van der Waals surface area contributed by atoms with Crippen molar-refractivity contribution in [2.24, 2.45) is 0 Å². The average molecular weight is 215 g/mol. The Bertz CT molecular complexity index is 397. The molecule has 2 rings (SSSR count). The van der Waals surface area contributed by atoms with Crippen molar-refractivity contribution < 1.29 is 8.83 Å². The van der Waals surface area contributed by atoms with E-state index in [4.69, 9.17) is 8.83 Å². The third-order valence-electron chi connectivity index (χ3n) is 1.70. The molecular weight excluding hydrogens is 208 g/mol. The van der Waals surface area contributed by atoms with E-state index in [0.29, 0.717) is 5.78 Å². The number of fused-ring (bicyclic) bond motifs is 1. The minimum absolute atomic E-state index is 0.604. The molecule has 0 aliphatic carbocycles. The molecule has 0 saturated carbocycles. The van der Waals surface area contributed by atoms with Gasteiger partial charge in [0.25, 0.3) is 5.78 Å². The number of halogens is 1. The SMILES string of the molecule is Cc1cc2c(C)c(Br)oc2o1. The summed E-state index contributed by atoms with van der Waals surface area (Å²) in [7, 11) is 0. The van der Waals surface area contributed by atoms with Gasteiger partial charge in [-0.3, -0.25) is 0 Å². The molecule has 2 heterocycles. The fourth-order valence-electron chi connectivity index (χ4n) is 1.09. The van der Waals surface area contributed by atoms with Gasteiger partial charge in [-0.2, -0.15) is 0 Å². The van der Waals surface area contributed by atoms with Crippen LogP contribution in [0.3, 0.4) is 0 Å². The topological polar surface area (TPSA) is 26.3 Å². The third kappa shape index (κ3) is 0.913. The molecule has 0 N–H and O–H groups in total. The van der Waals surface area contributed by atoms with Crippen molar-refractivity contribution in [3.8, 4) is 0 Å². The summed E-state index contributed by atoms with van der Waals surface area (Å²) in [6.07, 6.45) is 0. The summed E-state index contributed by atoms with van der Waals surface area (Å²) >= 11 is 3.29. The lowest BCUT2D eigenvalue weighted by atomic mass is 10.3. The molecule has 2 aromatic heterocycles. The van der Waals surface area contributed by atoms with E-state index in [-0.39, 0.29) is 0 Å². The van der Waals surface area contributed by atoms with Crippen LogP contribution in [0.4, 0.5) is 0 Å². The molecule has 2 nitrogen and oxygen atoms in total. The van der Waals surface area contributed by atoms with Gasteiger partial charge in [-0.1, -0.05) is 0 Å². The lowest BCUT2D eigenvalue weighted by Crippen LogP contribution is -1.63. The van der Waals surface area contributed by atoms with E-state index in [9.17, 15) is 0 Å². The molecule has 0 aliphatic rings. The zero-order valence-electron chi connectivity index (χ0n) is 6.27. The number of aryl methyl sites for hydroxylation is 2. The molecule has 11 heavy (non-hydrogen) atoms. The van der Waals surface area contributed by atoms with Gasteiger partial charge in [0.2, 0.25) is 0 Å². The summed E-state index contributed by atoms with van der Waals surface area (Å²) in [6, 6.07) is 1.97. The predicted molar refractivity (Wildman–Crippen MR) is 45.7 cm³/mol. The molecule has 0 fully saturated rings. The van der Waals surface area contributed by atoms with Gasteiger partial charge in [-0.05, 0) is 35.8 Å². The molecular formula is C8H7BrO2. The fourth-order valence-corrected chi connectivity index (χ4v) is 1.45. The Morgan fingerprint density at radius 2 is 2.00 bits per heavy atom. The van der Waals surface area contributed by atoms with E-state index < -0.39 is 0 Å². The summed E-state index contributed by atoms with van der Waals surface area (Å²) in [5.74, 6) is 1.49. The fraction of sp³-hybridized carbons (Fsp3) is 0.250. The van der Waals surface area contributed by atoms with Gasteiger partial charge in [0.05, 0.1) is 5.39 Å². The predicted octanol–water partition coefficient (Wildman–Crippen LogP) is 3.41. The van der Waals surface area contributed by atoms with E-state index >= 15 is 0 Å². The molecule has 3 heteroatoms. The summed E-state index contributed by atoms with van der Waals surface area (Å²) in [5.41, 5.74) is 1.09. The van der Waals surface area contributed by atoms with Crippen molar-refractivity contribution in [3.05, 3.63) is 22.1 Å². The Hall–Kier alpha value is -0.700. The maximum atomic E-state index is 5.27. The number of rotatable bonds is 0. The average Bonchev–Trinajstić information content (AvgIpc) is 2.37. The van der Waals surface area contributed by atoms with Crippen LogP contribution < -0.4 is 0 Å². The zero-order chi connectivity index (χ0) is 8.01. The Kier molecular flexibility index (Phi) is 1.36. The van der Waals surface area contributed by atoms with Crippen LogP contribution >= 0.6 is 15.9 Å². The van der Waals surface area contributed by atoms with Crippen molar-refractivity contribution in [2.75, 3.05) is 0 Å². The van der Waals surface area contributed by atoms with Crippen LogP contribution in [0.15, 0.2) is 19.6 Å². The lowest BCUT2D eigenvalue weighted by molar-refractivity contribution is 0.450. The summed E-state index contributed by atoms with van der Waals surface area (Å²) < 4.78 is 11.3. The molecule has 0 atom stereocenters. The van der Waals surface area contributed by atoms with Crippen molar-refractivity contribution in [2.45, 2.75) is 13.8 Å². The quantitative estimate of drug-likeness (QED) is 0.673. The van der Waals surface area contributed by atoms with E-state index in [1.54, 1.807) is 0 Å². The first-order chi connectivity index (χ1) is 5.18. The van der Waals surface area contributed by atoms with E-state index in [1.807, 2.05) is 19.9 Å². The van der Waals surface area contributed by atoms with Crippen LogP contribution in [-0.4, -0.2) is 0 Å². The molecule has 2 aromatic rings. The Labute approximate surface area is 72.3 Å². The van der Waals surface area contributed by atoms with Gasteiger partial charge in [0, 0.05) is 5.56 Å². The van der Waals surface area contributed by atoms with E-state index in [0.717, 1.165) is 21.4 Å². The summed E-state index contributed by atoms with van der Waals surface area (Å²) in [5, 5.41) is 1.05. The van der Waals surface area contributed by atoms with Gasteiger partial charge in [-0.25, -0.2) is 0 Å². The number of furan rings is 2. The second kappa shape index (κ2) is 2.14. The first-order valence-electron chi connectivity index (χ1n) is 3.33. The smallest absolute Gasteiger partial charge is 0.298 e. The second-order valence-electron chi connectivity index (χ2n) is 2.56. The van der Waals surface area contributed by atoms with Gasteiger partial charge in [-0.15, -0.1) is 0 Å². The molecule has 0 bridgehead atoms. The van der Waals surface area contributed by atoms with Crippen molar-refractivity contribution in [1.29, 1.82) is 0 Å². The van der Waals surface area contributed by atoms with Crippen LogP contribution in [0.2, 0.25) is 0 Å². The molecule has 0 spiro atoms. The second-order valence-corrected chi connectivity index (χ2v) is 3.28. The standard InChI is InChI=1S/C8H7BrO2/c1-4-3-6-5(2)7(9)11-8(6)10-4/h3H,1-2H3. The van der Waals surface area contributed by atoms with Crippen LogP contribution in [-0.2, 0) is 0 Å². The summed E-state index contributed by atoms with van der Waals surface area (Å²) in [6.45, 7) is 3.90. The first kappa shape index (κ1) is 6.98. The molecule has 0 radical (unpaired) electrons. The monoisotopic (exact) mass is 214 g/mol. The van der Waals surface area contributed by atoms with Crippen LogP contribution in [0.1, 0.15) is 11.3 Å². The Morgan fingerprint density at radius 3 is 2.64 bits per heavy atom. The number of hydrogen-bond acceptors (Lipinski definition) is 2. The van der Waals surface area contributed by atoms with Gasteiger partial charge >= 0.3 is 0 Å². The summed E-state index contributed by atoms with van der Waals surface area (Å²) in [4.78, 5) is 0. The highest BCUT2D eigenvalue weighted by Gasteiger charge is 2.11. The Balaban J connectivity index is 2.88. The largest absolute Gasteiger partial charge is 0.430 e. The zero-order valence-corrected chi connectivity index (χ0v) is 7.86. The molecule has 0 unspecified atom stereocenters. The van der Waals surface area contributed by atoms with Crippen LogP contribution in [0.5, 0.6) is 0 Å². The van der Waals surface area contributed by atoms with Crippen molar-refractivity contribution >= 4 is 27.1 Å².